The molecule has 2 rings (SSSR count). The second kappa shape index (κ2) is 6.57. The highest BCUT2D eigenvalue weighted by atomic mass is 79.9. The number of rotatable bonds is 3. The van der Waals surface area contributed by atoms with Crippen LogP contribution in [0.25, 0.3) is 0 Å². The fourth-order valence-corrected chi connectivity index (χ4v) is 5.03. The van der Waals surface area contributed by atoms with Crippen LogP contribution in [-0.2, 0) is 15.9 Å². The summed E-state index contributed by atoms with van der Waals surface area (Å²) in [6.07, 6.45) is 4.10. The number of hydrogen-bond donors (Lipinski definition) is 0. The molecule has 1 saturated heterocycles. The van der Waals surface area contributed by atoms with Crippen LogP contribution in [0, 0.1) is 0 Å². The lowest BCUT2D eigenvalue weighted by atomic mass is 10.2. The van der Waals surface area contributed by atoms with Gasteiger partial charge in [-0.15, -0.1) is 11.6 Å². The molecule has 1 aromatic carbocycles. The van der Waals surface area contributed by atoms with Crippen LogP contribution in [0.4, 0.5) is 0 Å². The zero-order valence-electron chi connectivity index (χ0n) is 10.6. The molecule has 0 unspecified atom stereocenters. The maximum atomic E-state index is 12.6. The number of halogens is 2. The van der Waals surface area contributed by atoms with E-state index in [0.717, 1.165) is 31.2 Å². The minimum atomic E-state index is -3.40. The van der Waals surface area contributed by atoms with Crippen molar-refractivity contribution >= 4 is 37.6 Å². The van der Waals surface area contributed by atoms with Gasteiger partial charge in [-0.25, -0.2) is 8.42 Å². The first kappa shape index (κ1) is 15.3. The lowest BCUT2D eigenvalue weighted by molar-refractivity contribution is 0.423. The summed E-state index contributed by atoms with van der Waals surface area (Å²) >= 11 is 9.10. The predicted octanol–water partition coefficient (Wildman–Crippen LogP) is 3.75. The van der Waals surface area contributed by atoms with Crippen molar-refractivity contribution in [2.75, 3.05) is 13.1 Å². The summed E-state index contributed by atoms with van der Waals surface area (Å²) in [5, 5.41) is 0. The van der Waals surface area contributed by atoms with E-state index in [9.17, 15) is 8.42 Å². The smallest absolute Gasteiger partial charge is 0.207 e. The second-order valence-electron chi connectivity index (χ2n) is 4.72. The van der Waals surface area contributed by atoms with E-state index in [1.807, 2.05) is 0 Å². The fraction of sp³-hybridized carbons (Fsp3) is 0.538. The fourth-order valence-electron chi connectivity index (χ4n) is 2.26. The van der Waals surface area contributed by atoms with Gasteiger partial charge in [-0.05, 0) is 46.5 Å². The Morgan fingerprint density at radius 2 is 1.79 bits per heavy atom. The molecule has 1 fully saturated rings. The Kier molecular flexibility index (Phi) is 5.29. The summed E-state index contributed by atoms with van der Waals surface area (Å²) in [6.45, 7) is 1.23. The van der Waals surface area contributed by atoms with E-state index >= 15 is 0 Å². The van der Waals surface area contributed by atoms with Gasteiger partial charge in [0.05, 0.1) is 4.90 Å². The van der Waals surface area contributed by atoms with Crippen molar-refractivity contribution in [1.29, 1.82) is 0 Å². The average molecular weight is 367 g/mol. The summed E-state index contributed by atoms with van der Waals surface area (Å²) in [7, 11) is -3.40. The number of alkyl halides is 1. The quantitative estimate of drug-likeness (QED) is 0.764. The average Bonchev–Trinajstić information content (AvgIpc) is 2.67. The normalized spacial score (nSPS) is 18.2. The molecular formula is C13H17BrClNO2S. The van der Waals surface area contributed by atoms with Crippen molar-refractivity contribution in [2.45, 2.75) is 36.5 Å². The van der Waals surface area contributed by atoms with Crippen molar-refractivity contribution in [2.24, 2.45) is 0 Å². The first-order valence-corrected chi connectivity index (χ1v) is 9.17. The molecule has 1 aliphatic rings. The third kappa shape index (κ3) is 3.51. The molecule has 6 heteroatoms. The van der Waals surface area contributed by atoms with Crippen LogP contribution in [0.2, 0.25) is 0 Å². The van der Waals surface area contributed by atoms with E-state index in [4.69, 9.17) is 11.6 Å². The van der Waals surface area contributed by atoms with E-state index < -0.39 is 10.0 Å². The molecule has 1 heterocycles. The third-order valence-corrected chi connectivity index (χ3v) is 6.52. The van der Waals surface area contributed by atoms with Crippen LogP contribution >= 0.6 is 27.5 Å². The molecule has 0 saturated carbocycles. The molecular weight excluding hydrogens is 350 g/mol. The largest absolute Gasteiger partial charge is 0.244 e. The van der Waals surface area contributed by atoms with E-state index in [0.29, 0.717) is 28.3 Å². The minimum absolute atomic E-state index is 0.336. The van der Waals surface area contributed by atoms with Gasteiger partial charge in [0.25, 0.3) is 0 Å². The molecule has 0 radical (unpaired) electrons. The lowest BCUT2D eigenvalue weighted by Crippen LogP contribution is -2.32. The number of hydrogen-bond acceptors (Lipinski definition) is 2. The molecule has 0 atom stereocenters. The van der Waals surface area contributed by atoms with Gasteiger partial charge in [-0.2, -0.15) is 4.31 Å². The standard InChI is InChI=1S/C13H17BrClNO2S/c14-12-9-11(10-15)5-6-13(12)19(17,18)16-7-3-1-2-4-8-16/h5-6,9H,1-4,7-8,10H2. The highest BCUT2D eigenvalue weighted by molar-refractivity contribution is 9.10. The lowest BCUT2D eigenvalue weighted by Gasteiger charge is -2.20. The first-order chi connectivity index (χ1) is 9.05. The maximum absolute atomic E-state index is 12.6. The monoisotopic (exact) mass is 365 g/mol. The Balaban J connectivity index is 2.32. The Labute approximate surface area is 128 Å². The van der Waals surface area contributed by atoms with Crippen LogP contribution in [0.1, 0.15) is 31.2 Å². The third-order valence-electron chi connectivity index (χ3n) is 3.33. The van der Waals surface area contributed by atoms with Gasteiger partial charge < -0.3 is 0 Å². The predicted molar refractivity (Wildman–Crippen MR) is 80.9 cm³/mol. The van der Waals surface area contributed by atoms with Gasteiger partial charge in [0, 0.05) is 23.4 Å². The van der Waals surface area contributed by atoms with Crippen LogP contribution in [0.3, 0.4) is 0 Å². The van der Waals surface area contributed by atoms with Crippen LogP contribution in [0.15, 0.2) is 27.6 Å². The Morgan fingerprint density at radius 1 is 1.16 bits per heavy atom. The molecule has 1 aromatic rings. The van der Waals surface area contributed by atoms with Gasteiger partial charge >= 0.3 is 0 Å². The summed E-state index contributed by atoms with van der Waals surface area (Å²) in [6, 6.07) is 5.18. The van der Waals surface area contributed by atoms with Crippen LogP contribution in [0.5, 0.6) is 0 Å². The van der Waals surface area contributed by atoms with Gasteiger partial charge in [0.1, 0.15) is 0 Å². The zero-order valence-corrected chi connectivity index (χ0v) is 13.8. The molecule has 19 heavy (non-hydrogen) atoms. The summed E-state index contributed by atoms with van der Waals surface area (Å²) in [5.74, 6) is 0.378. The second-order valence-corrected chi connectivity index (χ2v) is 7.74. The van der Waals surface area contributed by atoms with Gasteiger partial charge in [0.15, 0.2) is 0 Å². The minimum Gasteiger partial charge on any atom is -0.207 e. The first-order valence-electron chi connectivity index (χ1n) is 6.40. The summed E-state index contributed by atoms with van der Waals surface area (Å²) in [4.78, 5) is 0.336. The Hall–Kier alpha value is -0.100. The molecule has 0 aromatic heterocycles. The molecule has 0 bridgehead atoms. The molecule has 1 aliphatic heterocycles. The number of nitrogens with zero attached hydrogens (tertiary/aromatic N) is 1. The molecule has 0 aliphatic carbocycles. The summed E-state index contributed by atoms with van der Waals surface area (Å²) in [5.41, 5.74) is 0.906. The van der Waals surface area contributed by atoms with Crippen molar-refractivity contribution in [3.05, 3.63) is 28.2 Å². The zero-order chi connectivity index (χ0) is 13.9. The summed E-state index contributed by atoms with van der Waals surface area (Å²) < 4.78 is 27.4. The van der Waals surface area contributed by atoms with Crippen molar-refractivity contribution in [3.63, 3.8) is 0 Å². The maximum Gasteiger partial charge on any atom is 0.244 e. The van der Waals surface area contributed by atoms with E-state index in [-0.39, 0.29) is 0 Å². The van der Waals surface area contributed by atoms with Crippen molar-refractivity contribution < 1.29 is 8.42 Å². The number of sulfonamides is 1. The van der Waals surface area contributed by atoms with Gasteiger partial charge in [-0.3, -0.25) is 0 Å². The highest BCUT2D eigenvalue weighted by Gasteiger charge is 2.26. The van der Waals surface area contributed by atoms with E-state index in [1.54, 1.807) is 22.5 Å². The highest BCUT2D eigenvalue weighted by Crippen LogP contribution is 2.28. The molecule has 0 amide bonds. The SMILES string of the molecule is O=S(=O)(c1ccc(CCl)cc1Br)N1CCCCCC1. The van der Waals surface area contributed by atoms with Crippen LogP contribution in [-0.4, -0.2) is 25.8 Å². The topological polar surface area (TPSA) is 37.4 Å². The molecule has 3 nitrogen and oxygen atoms in total. The van der Waals surface area contributed by atoms with Gasteiger partial charge in [-0.1, -0.05) is 18.9 Å². The molecule has 0 N–H and O–H groups in total. The number of benzene rings is 1. The van der Waals surface area contributed by atoms with E-state index in [2.05, 4.69) is 15.9 Å². The molecule has 106 valence electrons. The van der Waals surface area contributed by atoms with E-state index in [1.165, 1.54) is 0 Å². The van der Waals surface area contributed by atoms with Crippen molar-refractivity contribution in [1.82, 2.24) is 4.31 Å². The Morgan fingerprint density at radius 3 is 2.32 bits per heavy atom. The Bertz CT molecular complexity index is 540. The van der Waals surface area contributed by atoms with Crippen molar-refractivity contribution in [3.8, 4) is 0 Å². The van der Waals surface area contributed by atoms with Crippen LogP contribution < -0.4 is 0 Å². The van der Waals surface area contributed by atoms with Gasteiger partial charge in [0.2, 0.25) is 10.0 Å². The molecule has 0 spiro atoms.